The minimum atomic E-state index is -0.526. The number of nitrogens with one attached hydrogen (secondary N) is 1. The van der Waals surface area contributed by atoms with Crippen molar-refractivity contribution < 1.29 is 23.8 Å². The average molecular weight is 655 g/mol. The molecular weight excluding hydrogens is 612 g/mol. The Balaban J connectivity index is 1.19. The molecule has 0 saturated carbocycles. The van der Waals surface area contributed by atoms with Crippen molar-refractivity contribution in [2.45, 2.75) is 51.7 Å². The Morgan fingerprint density at radius 2 is 1.47 bits per heavy atom. The summed E-state index contributed by atoms with van der Waals surface area (Å²) in [5.74, 6) is -0.0293. The van der Waals surface area contributed by atoms with Crippen LogP contribution in [0.2, 0.25) is 5.02 Å². The van der Waals surface area contributed by atoms with Crippen molar-refractivity contribution in [1.29, 1.82) is 0 Å². The molecule has 8 heteroatoms. The largest absolute Gasteiger partial charge is 0.448 e. The van der Waals surface area contributed by atoms with Gasteiger partial charge in [0.2, 0.25) is 0 Å². The second-order valence-corrected chi connectivity index (χ2v) is 13.1. The highest BCUT2D eigenvalue weighted by molar-refractivity contribution is 6.33. The van der Waals surface area contributed by atoms with E-state index in [0.29, 0.717) is 37.9 Å². The number of carbonyl (C=O) groups excluding carboxylic acids is 2. The number of fused-ring (bicyclic) bond motifs is 3. The predicted molar refractivity (Wildman–Crippen MR) is 187 cm³/mol. The number of amides is 2. The first-order valence-corrected chi connectivity index (χ1v) is 16.6. The molecule has 1 aliphatic carbocycles. The summed E-state index contributed by atoms with van der Waals surface area (Å²) in [6.07, 6.45) is 0.688. The van der Waals surface area contributed by atoms with Crippen molar-refractivity contribution in [3.8, 4) is 22.3 Å². The minimum absolute atomic E-state index is 0.0293. The van der Waals surface area contributed by atoms with Gasteiger partial charge >= 0.3 is 12.2 Å². The van der Waals surface area contributed by atoms with Gasteiger partial charge in [0.1, 0.15) is 12.2 Å². The van der Waals surface area contributed by atoms with Crippen LogP contribution in [0.4, 0.5) is 9.59 Å². The summed E-state index contributed by atoms with van der Waals surface area (Å²) in [6, 6.07) is 32.5. The zero-order valence-electron chi connectivity index (χ0n) is 27.3. The molecule has 0 aromatic heterocycles. The van der Waals surface area contributed by atoms with E-state index in [1.807, 2.05) is 93.6 Å². The first-order chi connectivity index (χ1) is 22.7. The monoisotopic (exact) mass is 654 g/mol. The van der Waals surface area contributed by atoms with Gasteiger partial charge in [-0.15, -0.1) is 0 Å². The van der Waals surface area contributed by atoms with Gasteiger partial charge in [-0.05, 0) is 73.1 Å². The number of alkyl carbamates (subject to hydrolysis) is 1. The molecule has 0 aliphatic heterocycles. The quantitative estimate of drug-likeness (QED) is 0.146. The highest BCUT2D eigenvalue weighted by Crippen LogP contribution is 2.44. The van der Waals surface area contributed by atoms with Crippen LogP contribution < -0.4 is 5.32 Å². The number of carbonyl (C=O) groups is 2. The lowest BCUT2D eigenvalue weighted by molar-refractivity contribution is 0.0523. The first kappa shape index (κ1) is 34.0. The Hall–Kier alpha value is -4.33. The number of halogens is 1. The fourth-order valence-electron chi connectivity index (χ4n) is 5.76. The molecule has 5 rings (SSSR count). The van der Waals surface area contributed by atoms with E-state index in [1.54, 1.807) is 4.90 Å². The van der Waals surface area contributed by atoms with Crippen LogP contribution in [0.3, 0.4) is 0 Å². The number of hydrogen-bond donors (Lipinski definition) is 1. The summed E-state index contributed by atoms with van der Waals surface area (Å²) in [4.78, 5) is 27.1. The molecule has 0 heterocycles. The molecule has 4 aromatic carbocycles. The summed E-state index contributed by atoms with van der Waals surface area (Å²) in [5.41, 5.74) is 7.05. The number of nitrogens with zero attached hydrogens (tertiary/aromatic N) is 1. The Morgan fingerprint density at radius 3 is 2.13 bits per heavy atom. The van der Waals surface area contributed by atoms with Gasteiger partial charge in [-0.1, -0.05) is 103 Å². The van der Waals surface area contributed by atoms with Gasteiger partial charge in [-0.3, -0.25) is 0 Å². The third-order valence-electron chi connectivity index (χ3n) is 7.98. The minimum Gasteiger partial charge on any atom is -0.448 e. The van der Waals surface area contributed by atoms with Gasteiger partial charge in [-0.2, -0.15) is 0 Å². The zero-order valence-corrected chi connectivity index (χ0v) is 28.1. The summed E-state index contributed by atoms with van der Waals surface area (Å²) in [6.45, 7) is 7.78. The normalized spacial score (nSPS) is 12.3. The van der Waals surface area contributed by atoms with Crippen LogP contribution in [0.1, 0.15) is 56.2 Å². The molecule has 7 nitrogen and oxygen atoms in total. The maximum Gasteiger partial charge on any atom is 0.410 e. The standard InChI is InChI=1S/C39H43ClN2O5/c1-39(2,3)47-37(43)41-21-11-12-23-45-24-22-42(26-28-19-20-30(36(40)25-28)29-13-5-4-6-14-29)38(44)46-27-35-33-17-9-7-15-31(33)32-16-8-10-18-34(32)35/h4-10,13-20,25,35H,11-12,21-24,26-27H2,1-3H3,(H,41,43). The Kier molecular flexibility index (Phi) is 11.6. The summed E-state index contributed by atoms with van der Waals surface area (Å²) < 4.78 is 17.2. The molecule has 1 N–H and O–H groups in total. The highest BCUT2D eigenvalue weighted by atomic mass is 35.5. The lowest BCUT2D eigenvalue weighted by atomic mass is 9.98. The van der Waals surface area contributed by atoms with Crippen molar-refractivity contribution in [2.75, 3.05) is 32.9 Å². The molecule has 2 amide bonds. The molecule has 0 fully saturated rings. The van der Waals surface area contributed by atoms with Crippen molar-refractivity contribution in [1.82, 2.24) is 10.2 Å². The smallest absolute Gasteiger partial charge is 0.410 e. The molecular formula is C39H43ClN2O5. The van der Waals surface area contributed by atoms with E-state index < -0.39 is 17.8 Å². The van der Waals surface area contributed by atoms with E-state index in [4.69, 9.17) is 25.8 Å². The summed E-state index contributed by atoms with van der Waals surface area (Å²) in [7, 11) is 0. The van der Waals surface area contributed by atoms with E-state index in [0.717, 1.165) is 29.5 Å². The van der Waals surface area contributed by atoms with Gasteiger partial charge in [-0.25, -0.2) is 9.59 Å². The Labute approximate surface area is 282 Å². The third-order valence-corrected chi connectivity index (χ3v) is 8.29. The Morgan fingerprint density at radius 1 is 0.809 bits per heavy atom. The van der Waals surface area contributed by atoms with Crippen LogP contribution in [-0.2, 0) is 20.8 Å². The fourth-order valence-corrected chi connectivity index (χ4v) is 6.07. The van der Waals surface area contributed by atoms with Crippen LogP contribution in [0, 0.1) is 0 Å². The SMILES string of the molecule is CC(C)(C)OC(=O)NCCCCOCCN(Cc1ccc(-c2ccccc2)c(Cl)c1)C(=O)OCC1c2ccccc2-c2ccccc21. The highest BCUT2D eigenvalue weighted by Gasteiger charge is 2.30. The molecule has 246 valence electrons. The molecule has 0 radical (unpaired) electrons. The van der Waals surface area contributed by atoms with E-state index in [9.17, 15) is 9.59 Å². The van der Waals surface area contributed by atoms with Gasteiger partial charge in [0.15, 0.2) is 0 Å². The molecule has 0 saturated heterocycles. The van der Waals surface area contributed by atoms with Crippen molar-refractivity contribution in [3.05, 3.63) is 119 Å². The third kappa shape index (κ3) is 9.37. The van der Waals surface area contributed by atoms with Gasteiger partial charge in [0.25, 0.3) is 0 Å². The maximum atomic E-state index is 13.6. The van der Waals surface area contributed by atoms with Gasteiger partial charge < -0.3 is 24.4 Å². The second kappa shape index (κ2) is 16.0. The lowest BCUT2D eigenvalue weighted by Gasteiger charge is -2.24. The predicted octanol–water partition coefficient (Wildman–Crippen LogP) is 9.08. The molecule has 4 aromatic rings. The van der Waals surface area contributed by atoms with Crippen LogP contribution in [0.5, 0.6) is 0 Å². The summed E-state index contributed by atoms with van der Waals surface area (Å²) >= 11 is 6.71. The molecule has 0 unspecified atom stereocenters. The van der Waals surface area contributed by atoms with Gasteiger partial charge in [0, 0.05) is 42.7 Å². The van der Waals surface area contributed by atoms with Gasteiger partial charge in [0.05, 0.1) is 6.61 Å². The number of benzene rings is 4. The topological polar surface area (TPSA) is 77.1 Å². The zero-order chi connectivity index (χ0) is 33.2. The van der Waals surface area contributed by atoms with Crippen molar-refractivity contribution in [3.63, 3.8) is 0 Å². The molecule has 1 aliphatic rings. The van der Waals surface area contributed by atoms with Crippen LogP contribution in [0.25, 0.3) is 22.3 Å². The second-order valence-electron chi connectivity index (χ2n) is 12.7. The van der Waals surface area contributed by atoms with Crippen molar-refractivity contribution in [2.24, 2.45) is 0 Å². The molecule has 0 atom stereocenters. The van der Waals surface area contributed by atoms with E-state index in [2.05, 4.69) is 29.6 Å². The van der Waals surface area contributed by atoms with Crippen LogP contribution in [-0.4, -0.2) is 55.6 Å². The summed E-state index contributed by atoms with van der Waals surface area (Å²) in [5, 5.41) is 3.38. The lowest BCUT2D eigenvalue weighted by Crippen LogP contribution is -2.35. The van der Waals surface area contributed by atoms with Crippen molar-refractivity contribution >= 4 is 23.8 Å². The molecule has 47 heavy (non-hydrogen) atoms. The Bertz CT molecular complexity index is 1610. The number of ether oxygens (including phenoxy) is 3. The fraction of sp³-hybridized carbons (Fsp3) is 0.333. The number of unbranched alkanes of at least 4 members (excludes halogenated alkanes) is 1. The number of rotatable bonds is 13. The van der Waals surface area contributed by atoms with Crippen LogP contribution in [0.15, 0.2) is 97.1 Å². The molecule has 0 bridgehead atoms. The van der Waals surface area contributed by atoms with E-state index >= 15 is 0 Å². The first-order valence-electron chi connectivity index (χ1n) is 16.2. The van der Waals surface area contributed by atoms with Crippen LogP contribution >= 0.6 is 11.6 Å². The van der Waals surface area contributed by atoms with E-state index in [1.165, 1.54) is 22.3 Å². The maximum absolute atomic E-state index is 13.6. The number of hydrogen-bond acceptors (Lipinski definition) is 5. The van der Waals surface area contributed by atoms with E-state index in [-0.39, 0.29) is 12.5 Å². The molecule has 0 spiro atoms. The average Bonchev–Trinajstić information content (AvgIpc) is 3.37.